The molecule has 1 heterocycles. The van der Waals surface area contributed by atoms with E-state index in [0.29, 0.717) is 0 Å². The molecular formula is C10H18NO5. The summed E-state index contributed by atoms with van der Waals surface area (Å²) in [5.41, 5.74) is -1.90. The molecule has 0 amide bonds. The second kappa shape index (κ2) is 3.96. The molecule has 1 fully saturated rings. The Kier molecular flexibility index (Phi) is 3.31. The highest BCUT2D eigenvalue weighted by Gasteiger charge is 2.62. The summed E-state index contributed by atoms with van der Waals surface area (Å²) in [7, 11) is 0. The summed E-state index contributed by atoms with van der Waals surface area (Å²) >= 11 is 0. The predicted molar refractivity (Wildman–Crippen MR) is 53.9 cm³/mol. The molecular weight excluding hydrogens is 214 g/mol. The van der Waals surface area contributed by atoms with Crippen LogP contribution >= 0.6 is 0 Å². The fraction of sp³-hybridized carbons (Fsp3) is 0.900. The van der Waals surface area contributed by atoms with Crippen molar-refractivity contribution >= 4 is 5.97 Å². The Balaban J connectivity index is 3.17. The van der Waals surface area contributed by atoms with E-state index in [1.807, 2.05) is 0 Å². The minimum atomic E-state index is -1.04. The normalized spacial score (nSPS) is 32.9. The summed E-state index contributed by atoms with van der Waals surface area (Å²) in [5.74, 6) is -2.46. The molecule has 2 unspecified atom stereocenters. The highest BCUT2D eigenvalue weighted by atomic mass is 17.1. The second-order valence-corrected chi connectivity index (χ2v) is 5.32. The SMILES string of the molecule is CC1(C)C(COO)C(C(=O)O)C(C)(C)N1[O]. The standard InChI is InChI=1S/C10H18NO5/c1-9(2)6(5-16-15)7(8(12)13)10(3,4)11(9)14/h6-7,15H,5H2,1-4H3,(H,12,13). The van der Waals surface area contributed by atoms with Crippen molar-refractivity contribution in [3.05, 3.63) is 0 Å². The first-order valence-electron chi connectivity index (χ1n) is 5.14. The van der Waals surface area contributed by atoms with Gasteiger partial charge in [0, 0.05) is 5.92 Å². The van der Waals surface area contributed by atoms with Gasteiger partial charge >= 0.3 is 5.97 Å². The molecule has 2 atom stereocenters. The largest absolute Gasteiger partial charge is 0.481 e. The van der Waals surface area contributed by atoms with Crippen molar-refractivity contribution in [1.82, 2.24) is 5.06 Å². The number of aliphatic carboxylic acids is 1. The molecule has 1 aliphatic rings. The van der Waals surface area contributed by atoms with Crippen LogP contribution < -0.4 is 0 Å². The monoisotopic (exact) mass is 232 g/mol. The first-order chi connectivity index (χ1) is 7.17. The number of hydroxylamine groups is 2. The van der Waals surface area contributed by atoms with Gasteiger partial charge < -0.3 is 5.11 Å². The number of carboxylic acids is 1. The van der Waals surface area contributed by atoms with E-state index < -0.39 is 28.9 Å². The van der Waals surface area contributed by atoms with Crippen molar-refractivity contribution in [3.63, 3.8) is 0 Å². The third-order valence-electron chi connectivity index (χ3n) is 3.64. The van der Waals surface area contributed by atoms with Crippen LogP contribution in [0.3, 0.4) is 0 Å². The lowest BCUT2D eigenvalue weighted by Crippen LogP contribution is -2.47. The van der Waals surface area contributed by atoms with Crippen molar-refractivity contribution in [2.75, 3.05) is 6.61 Å². The Morgan fingerprint density at radius 1 is 1.31 bits per heavy atom. The predicted octanol–water partition coefficient (Wildman–Crippen LogP) is 1.01. The van der Waals surface area contributed by atoms with Crippen LogP contribution in [0.1, 0.15) is 27.7 Å². The highest BCUT2D eigenvalue weighted by Crippen LogP contribution is 2.48. The summed E-state index contributed by atoms with van der Waals surface area (Å²) in [5, 5.41) is 30.6. The van der Waals surface area contributed by atoms with Crippen LogP contribution in [0.5, 0.6) is 0 Å². The Morgan fingerprint density at radius 3 is 2.19 bits per heavy atom. The maximum absolute atomic E-state index is 12.1. The van der Waals surface area contributed by atoms with Gasteiger partial charge in [-0.25, -0.2) is 4.89 Å². The molecule has 2 N–H and O–H groups in total. The molecule has 93 valence electrons. The number of rotatable bonds is 3. The molecule has 0 aliphatic carbocycles. The quantitative estimate of drug-likeness (QED) is 0.560. The topological polar surface area (TPSA) is 89.9 Å². The van der Waals surface area contributed by atoms with Gasteiger partial charge in [0.1, 0.15) is 0 Å². The summed E-state index contributed by atoms with van der Waals surface area (Å²) in [6.07, 6.45) is 0. The first kappa shape index (κ1) is 13.4. The van der Waals surface area contributed by atoms with E-state index in [4.69, 9.17) is 5.26 Å². The molecule has 6 heteroatoms. The van der Waals surface area contributed by atoms with Gasteiger partial charge in [0.25, 0.3) is 0 Å². The fourth-order valence-corrected chi connectivity index (χ4v) is 2.77. The summed E-state index contributed by atoms with van der Waals surface area (Å²) in [6, 6.07) is 0. The zero-order valence-electron chi connectivity index (χ0n) is 9.93. The van der Waals surface area contributed by atoms with Gasteiger partial charge in [0.05, 0.1) is 23.6 Å². The minimum absolute atomic E-state index is 0.161. The Morgan fingerprint density at radius 2 is 1.81 bits per heavy atom. The molecule has 1 saturated heterocycles. The molecule has 0 aromatic heterocycles. The summed E-state index contributed by atoms with van der Waals surface area (Å²) < 4.78 is 0. The summed E-state index contributed by atoms with van der Waals surface area (Å²) in [4.78, 5) is 15.3. The third-order valence-corrected chi connectivity index (χ3v) is 3.64. The van der Waals surface area contributed by atoms with E-state index in [1.54, 1.807) is 27.7 Å². The van der Waals surface area contributed by atoms with E-state index in [-0.39, 0.29) is 6.61 Å². The number of carbonyl (C=O) groups is 1. The molecule has 0 bridgehead atoms. The Bertz CT molecular complexity index is 289. The lowest BCUT2D eigenvalue weighted by Gasteiger charge is -2.33. The van der Waals surface area contributed by atoms with Gasteiger partial charge in [0.2, 0.25) is 0 Å². The lowest BCUT2D eigenvalue weighted by molar-refractivity contribution is -0.272. The van der Waals surface area contributed by atoms with E-state index in [0.717, 1.165) is 5.06 Å². The van der Waals surface area contributed by atoms with E-state index >= 15 is 0 Å². The zero-order chi connectivity index (χ0) is 12.7. The van der Waals surface area contributed by atoms with Crippen molar-refractivity contribution in [1.29, 1.82) is 0 Å². The van der Waals surface area contributed by atoms with Gasteiger partial charge in [0.15, 0.2) is 0 Å². The number of hydrogen-bond acceptors (Lipinski definition) is 4. The van der Waals surface area contributed by atoms with Crippen LogP contribution in [0.2, 0.25) is 0 Å². The molecule has 0 spiro atoms. The van der Waals surface area contributed by atoms with Crippen molar-refractivity contribution in [2.24, 2.45) is 11.8 Å². The number of nitrogens with zero attached hydrogens (tertiary/aromatic N) is 1. The van der Waals surface area contributed by atoms with Crippen LogP contribution in [-0.4, -0.2) is 39.1 Å². The molecule has 0 saturated carbocycles. The van der Waals surface area contributed by atoms with Gasteiger partial charge in [-0.2, -0.15) is 0 Å². The van der Waals surface area contributed by atoms with Gasteiger partial charge in [-0.1, -0.05) is 0 Å². The van der Waals surface area contributed by atoms with Gasteiger partial charge in [-0.3, -0.25) is 10.1 Å². The van der Waals surface area contributed by atoms with E-state index in [1.165, 1.54) is 0 Å². The van der Waals surface area contributed by atoms with Gasteiger partial charge in [-0.15, -0.1) is 10.3 Å². The maximum Gasteiger partial charge on any atom is 0.308 e. The average molecular weight is 232 g/mol. The first-order valence-corrected chi connectivity index (χ1v) is 5.14. The molecule has 0 aromatic carbocycles. The molecule has 16 heavy (non-hydrogen) atoms. The van der Waals surface area contributed by atoms with Crippen LogP contribution in [0.4, 0.5) is 0 Å². The van der Waals surface area contributed by atoms with Crippen molar-refractivity contribution in [3.8, 4) is 0 Å². The smallest absolute Gasteiger partial charge is 0.308 e. The lowest BCUT2D eigenvalue weighted by atomic mass is 9.78. The number of hydrogen-bond donors (Lipinski definition) is 2. The summed E-state index contributed by atoms with van der Waals surface area (Å²) in [6.45, 7) is 6.35. The molecule has 1 aliphatic heterocycles. The minimum Gasteiger partial charge on any atom is -0.481 e. The fourth-order valence-electron chi connectivity index (χ4n) is 2.77. The molecule has 1 rings (SSSR count). The zero-order valence-corrected chi connectivity index (χ0v) is 9.93. The van der Waals surface area contributed by atoms with Crippen LogP contribution in [0.15, 0.2) is 0 Å². The number of carboxylic acid groups (broad SMARTS) is 1. The van der Waals surface area contributed by atoms with Gasteiger partial charge in [-0.05, 0) is 27.7 Å². The van der Waals surface area contributed by atoms with Crippen molar-refractivity contribution in [2.45, 2.75) is 38.8 Å². The van der Waals surface area contributed by atoms with E-state index in [2.05, 4.69) is 4.89 Å². The van der Waals surface area contributed by atoms with Crippen LogP contribution in [-0.2, 0) is 14.9 Å². The maximum atomic E-state index is 12.1. The average Bonchev–Trinajstić information content (AvgIpc) is 2.26. The molecule has 6 nitrogen and oxygen atoms in total. The molecule has 1 radical (unpaired) electrons. The van der Waals surface area contributed by atoms with Crippen LogP contribution in [0.25, 0.3) is 0 Å². The van der Waals surface area contributed by atoms with E-state index in [9.17, 15) is 15.1 Å². The Hall–Kier alpha value is -0.690. The molecule has 0 aromatic rings. The van der Waals surface area contributed by atoms with Crippen molar-refractivity contribution < 1.29 is 25.3 Å². The third kappa shape index (κ3) is 1.71. The Labute approximate surface area is 94.3 Å². The van der Waals surface area contributed by atoms with Crippen LogP contribution in [0, 0.1) is 11.8 Å². The highest BCUT2D eigenvalue weighted by molar-refractivity contribution is 5.73. The second-order valence-electron chi connectivity index (χ2n) is 5.32.